The largest absolute Gasteiger partial charge is 0.348 e. The highest BCUT2D eigenvalue weighted by atomic mass is 35.5. The van der Waals surface area contributed by atoms with Gasteiger partial charge < -0.3 is 10.6 Å². The lowest BCUT2D eigenvalue weighted by Gasteiger charge is -2.10. The summed E-state index contributed by atoms with van der Waals surface area (Å²) in [6.07, 6.45) is 3.54. The van der Waals surface area contributed by atoms with E-state index in [2.05, 4.69) is 20.6 Å². The molecule has 0 spiro atoms. The van der Waals surface area contributed by atoms with Gasteiger partial charge >= 0.3 is 0 Å². The van der Waals surface area contributed by atoms with Gasteiger partial charge in [0.25, 0.3) is 5.91 Å². The number of carbonyl (C=O) groups is 1. The second-order valence-electron chi connectivity index (χ2n) is 6.86. The first-order valence-electron chi connectivity index (χ1n) is 9.62. The van der Waals surface area contributed by atoms with Gasteiger partial charge in [-0.05, 0) is 60.5 Å². The molecule has 2 aromatic heterocycles. The Kier molecular flexibility index (Phi) is 7.32. The van der Waals surface area contributed by atoms with E-state index >= 15 is 0 Å². The molecule has 1 amide bonds. The van der Waals surface area contributed by atoms with Gasteiger partial charge in [0.1, 0.15) is 5.82 Å². The van der Waals surface area contributed by atoms with Gasteiger partial charge in [0.05, 0.1) is 10.4 Å². The summed E-state index contributed by atoms with van der Waals surface area (Å²) >= 11 is 15.2. The van der Waals surface area contributed by atoms with E-state index in [1.165, 1.54) is 11.3 Å². The van der Waals surface area contributed by atoms with Crippen molar-refractivity contribution in [3.8, 4) is 0 Å². The molecule has 0 aliphatic heterocycles. The van der Waals surface area contributed by atoms with Crippen LogP contribution in [0.15, 0.2) is 76.1 Å². The quantitative estimate of drug-likeness (QED) is 0.286. The lowest BCUT2D eigenvalue weighted by atomic mass is 10.1. The second-order valence-corrected chi connectivity index (χ2v) is 10.1. The average Bonchev–Trinajstić information content (AvgIpc) is 3.20. The van der Waals surface area contributed by atoms with Gasteiger partial charge in [-0.25, -0.2) is 9.97 Å². The third-order valence-corrected chi connectivity index (χ3v) is 6.87. The number of carbonyl (C=O) groups excluding carboxylic acids is 1. The smallest absolute Gasteiger partial charge is 0.251 e. The van der Waals surface area contributed by atoms with Crippen LogP contribution in [0.4, 0.5) is 10.9 Å². The van der Waals surface area contributed by atoms with Crippen LogP contribution in [0.3, 0.4) is 0 Å². The third kappa shape index (κ3) is 6.01. The maximum Gasteiger partial charge on any atom is 0.251 e. The molecule has 0 radical (unpaired) electrons. The summed E-state index contributed by atoms with van der Waals surface area (Å²) in [5.41, 5.74) is 2.37. The number of benzene rings is 2. The summed E-state index contributed by atoms with van der Waals surface area (Å²) in [6, 6.07) is 16.7. The molecule has 4 rings (SSSR count). The first kappa shape index (κ1) is 22.6. The fourth-order valence-electron chi connectivity index (χ4n) is 2.93. The third-order valence-electron chi connectivity index (χ3n) is 4.43. The topological polar surface area (TPSA) is 66.9 Å². The number of hydrogen-bond acceptors (Lipinski definition) is 6. The van der Waals surface area contributed by atoms with Crippen LogP contribution in [0.5, 0.6) is 0 Å². The molecule has 0 saturated carbocycles. The number of aryl methyl sites for hydroxylation is 1. The van der Waals surface area contributed by atoms with Crippen molar-refractivity contribution in [2.24, 2.45) is 0 Å². The van der Waals surface area contributed by atoms with Crippen molar-refractivity contribution in [3.63, 3.8) is 0 Å². The number of anilines is 2. The maximum absolute atomic E-state index is 12.8. The number of aromatic nitrogens is 2. The van der Waals surface area contributed by atoms with Crippen molar-refractivity contribution < 1.29 is 4.79 Å². The van der Waals surface area contributed by atoms with E-state index in [0.29, 0.717) is 22.2 Å². The van der Waals surface area contributed by atoms with Crippen LogP contribution in [-0.4, -0.2) is 15.9 Å². The number of thiazole rings is 1. The number of rotatable bonds is 7. The number of halogens is 2. The fraction of sp³-hybridized carbons (Fsp3) is 0.0870. The van der Waals surface area contributed by atoms with Gasteiger partial charge in [-0.3, -0.25) is 4.79 Å². The van der Waals surface area contributed by atoms with Crippen LogP contribution >= 0.6 is 46.3 Å². The van der Waals surface area contributed by atoms with E-state index in [9.17, 15) is 4.79 Å². The first-order chi connectivity index (χ1) is 15.5. The molecule has 0 unspecified atom stereocenters. The molecule has 32 heavy (non-hydrogen) atoms. The zero-order chi connectivity index (χ0) is 22.5. The lowest BCUT2D eigenvalue weighted by molar-refractivity contribution is 0.0950. The molecule has 9 heteroatoms. The van der Waals surface area contributed by atoms with Gasteiger partial charge in [0.15, 0.2) is 5.13 Å². The summed E-state index contributed by atoms with van der Waals surface area (Å²) in [5.74, 6) is 0.594. The lowest BCUT2D eigenvalue weighted by Crippen LogP contribution is -2.23. The van der Waals surface area contributed by atoms with Gasteiger partial charge in [-0.1, -0.05) is 58.4 Å². The Morgan fingerprint density at radius 2 is 1.88 bits per heavy atom. The number of pyridine rings is 1. The molecular formula is C23H18Cl2N4OS2. The molecule has 2 heterocycles. The predicted molar refractivity (Wildman–Crippen MR) is 133 cm³/mol. The predicted octanol–water partition coefficient (Wildman–Crippen LogP) is 6.98. The second kappa shape index (κ2) is 10.4. The Morgan fingerprint density at radius 3 is 2.62 bits per heavy atom. The Morgan fingerprint density at radius 1 is 1.06 bits per heavy atom. The summed E-state index contributed by atoms with van der Waals surface area (Å²) in [7, 11) is 0. The summed E-state index contributed by atoms with van der Waals surface area (Å²) < 4.78 is 1.01. The van der Waals surface area contributed by atoms with Crippen LogP contribution in [-0.2, 0) is 6.54 Å². The van der Waals surface area contributed by atoms with Crippen LogP contribution in [0.1, 0.15) is 21.5 Å². The van der Waals surface area contributed by atoms with Gasteiger partial charge in [0, 0.05) is 33.2 Å². The van der Waals surface area contributed by atoms with Crippen LogP contribution < -0.4 is 10.6 Å². The van der Waals surface area contributed by atoms with E-state index in [-0.39, 0.29) is 5.91 Å². The van der Waals surface area contributed by atoms with E-state index in [1.807, 2.05) is 49.5 Å². The van der Waals surface area contributed by atoms with Crippen molar-refractivity contribution in [1.82, 2.24) is 15.3 Å². The van der Waals surface area contributed by atoms with Gasteiger partial charge in [-0.15, -0.1) is 0 Å². The SMILES string of the molecule is Cc1ccc(Sc2cnc(Nc3ccccn3)s2)cc1C(=O)NCc1cc(Cl)cc(Cl)c1. The van der Waals surface area contributed by atoms with Crippen molar-refractivity contribution in [2.45, 2.75) is 22.6 Å². The van der Waals surface area contributed by atoms with Crippen LogP contribution in [0, 0.1) is 6.92 Å². The van der Waals surface area contributed by atoms with Crippen LogP contribution in [0.2, 0.25) is 10.0 Å². The summed E-state index contributed by atoms with van der Waals surface area (Å²) in [5, 5.41) is 7.97. The molecule has 0 aliphatic carbocycles. The molecule has 0 atom stereocenters. The Hall–Kier alpha value is -2.58. The molecular weight excluding hydrogens is 483 g/mol. The van der Waals surface area contributed by atoms with E-state index in [1.54, 1.807) is 36.2 Å². The number of nitrogens with one attached hydrogen (secondary N) is 2. The van der Waals surface area contributed by atoms with E-state index < -0.39 is 0 Å². The number of amides is 1. The Bertz CT molecular complexity index is 1230. The minimum absolute atomic E-state index is 0.150. The molecule has 2 aromatic carbocycles. The molecule has 162 valence electrons. The Labute approximate surface area is 204 Å². The summed E-state index contributed by atoms with van der Waals surface area (Å²) in [4.78, 5) is 22.4. The van der Waals surface area contributed by atoms with Crippen molar-refractivity contribution >= 4 is 63.2 Å². The van der Waals surface area contributed by atoms with Crippen molar-refractivity contribution in [3.05, 3.63) is 93.7 Å². The standard InChI is InChI=1S/C23H18Cl2N4OS2/c1-14-5-6-18(31-21-13-28-23(32-21)29-20-4-2-3-7-26-20)11-19(14)22(30)27-12-15-8-16(24)10-17(25)9-15/h2-11,13H,12H2,1H3,(H,27,30)(H,26,28,29). The van der Waals surface area contributed by atoms with Crippen molar-refractivity contribution in [2.75, 3.05) is 5.32 Å². The van der Waals surface area contributed by atoms with E-state index in [4.69, 9.17) is 23.2 Å². The Balaban J connectivity index is 1.42. The molecule has 4 aromatic rings. The summed E-state index contributed by atoms with van der Waals surface area (Å²) in [6.45, 7) is 2.26. The molecule has 0 fully saturated rings. The molecule has 0 bridgehead atoms. The van der Waals surface area contributed by atoms with E-state index in [0.717, 1.165) is 31.2 Å². The highest BCUT2D eigenvalue weighted by Crippen LogP contribution is 2.35. The molecule has 5 nitrogen and oxygen atoms in total. The zero-order valence-electron chi connectivity index (χ0n) is 16.9. The highest BCUT2D eigenvalue weighted by Gasteiger charge is 2.12. The average molecular weight is 501 g/mol. The molecule has 0 aliphatic rings. The normalized spacial score (nSPS) is 10.7. The fourth-order valence-corrected chi connectivity index (χ4v) is 5.40. The van der Waals surface area contributed by atoms with Gasteiger partial charge in [0.2, 0.25) is 0 Å². The first-order valence-corrected chi connectivity index (χ1v) is 12.0. The molecule has 0 saturated heterocycles. The van der Waals surface area contributed by atoms with Crippen molar-refractivity contribution in [1.29, 1.82) is 0 Å². The van der Waals surface area contributed by atoms with Crippen LogP contribution in [0.25, 0.3) is 0 Å². The minimum atomic E-state index is -0.150. The zero-order valence-corrected chi connectivity index (χ0v) is 20.1. The monoisotopic (exact) mass is 500 g/mol. The minimum Gasteiger partial charge on any atom is -0.348 e. The van der Waals surface area contributed by atoms with Gasteiger partial charge in [-0.2, -0.15) is 0 Å². The molecule has 2 N–H and O–H groups in total. The maximum atomic E-state index is 12.8. The highest BCUT2D eigenvalue weighted by molar-refractivity contribution is 8.01. The number of hydrogen-bond donors (Lipinski definition) is 2. The number of nitrogens with zero attached hydrogens (tertiary/aromatic N) is 2.